The van der Waals surface area contributed by atoms with Crippen LogP contribution in [0.2, 0.25) is 0 Å². The highest BCUT2D eigenvalue weighted by molar-refractivity contribution is 6.20. The summed E-state index contributed by atoms with van der Waals surface area (Å²) in [6.07, 6.45) is 8.85. The van der Waals surface area contributed by atoms with E-state index in [1.54, 1.807) is 6.33 Å². The summed E-state index contributed by atoms with van der Waals surface area (Å²) in [6, 6.07) is 0. The van der Waals surface area contributed by atoms with Gasteiger partial charge in [-0.05, 0) is 36.7 Å². The van der Waals surface area contributed by atoms with Crippen LogP contribution in [0.25, 0.3) is 0 Å². The molecule has 0 N–H and O–H groups in total. The Morgan fingerprint density at radius 1 is 1.29 bits per heavy atom. The quantitative estimate of drug-likeness (QED) is 0.666. The molecule has 76 valence electrons. The summed E-state index contributed by atoms with van der Waals surface area (Å²) in [5.74, 6) is 1.25. The van der Waals surface area contributed by atoms with Crippen LogP contribution in [0.15, 0.2) is 18.7 Å². The molecule has 1 aliphatic carbocycles. The van der Waals surface area contributed by atoms with Crippen LogP contribution in [0, 0.1) is 5.92 Å². The second kappa shape index (κ2) is 4.26. The third kappa shape index (κ3) is 2.06. The van der Waals surface area contributed by atoms with Gasteiger partial charge in [-0.15, -0.1) is 11.6 Å². The van der Waals surface area contributed by atoms with Gasteiger partial charge in [0.1, 0.15) is 6.33 Å². The predicted octanol–water partition coefficient (Wildman–Crippen LogP) is 2.99. The van der Waals surface area contributed by atoms with Crippen molar-refractivity contribution in [1.82, 2.24) is 9.97 Å². The lowest BCUT2D eigenvalue weighted by atomic mass is 9.77. The monoisotopic (exact) mass is 210 g/mol. The van der Waals surface area contributed by atoms with E-state index in [9.17, 15) is 0 Å². The number of hydrogen-bond donors (Lipinski definition) is 0. The molecular formula is C11H15ClN2. The van der Waals surface area contributed by atoms with Crippen molar-refractivity contribution in [3.63, 3.8) is 0 Å². The smallest absolute Gasteiger partial charge is 0.115 e. The van der Waals surface area contributed by atoms with Gasteiger partial charge >= 0.3 is 0 Å². The van der Waals surface area contributed by atoms with Crippen LogP contribution in [0.1, 0.15) is 37.7 Å². The minimum Gasteiger partial charge on any atom is -0.245 e. The van der Waals surface area contributed by atoms with E-state index in [0.29, 0.717) is 17.2 Å². The van der Waals surface area contributed by atoms with E-state index in [1.165, 1.54) is 12.0 Å². The molecule has 0 aromatic carbocycles. The van der Waals surface area contributed by atoms with Gasteiger partial charge in [-0.25, -0.2) is 9.97 Å². The fourth-order valence-electron chi connectivity index (χ4n) is 2.24. The lowest BCUT2D eigenvalue weighted by Crippen LogP contribution is -2.21. The van der Waals surface area contributed by atoms with Gasteiger partial charge < -0.3 is 0 Å². The van der Waals surface area contributed by atoms with E-state index in [-0.39, 0.29) is 0 Å². The molecule has 2 rings (SSSR count). The Balaban J connectivity index is 2.16. The maximum Gasteiger partial charge on any atom is 0.115 e. The average Bonchev–Trinajstić information content (AvgIpc) is 2.23. The van der Waals surface area contributed by atoms with E-state index in [0.717, 1.165) is 12.8 Å². The molecule has 0 spiro atoms. The van der Waals surface area contributed by atoms with Crippen LogP contribution in [0.5, 0.6) is 0 Å². The highest BCUT2D eigenvalue weighted by Crippen LogP contribution is 2.38. The van der Waals surface area contributed by atoms with Crippen molar-refractivity contribution in [2.45, 2.75) is 37.5 Å². The minimum absolute atomic E-state index is 0.330. The van der Waals surface area contributed by atoms with Crippen LogP contribution < -0.4 is 0 Å². The molecule has 1 fully saturated rings. The second-order valence-electron chi connectivity index (χ2n) is 4.17. The van der Waals surface area contributed by atoms with Crippen molar-refractivity contribution in [2.24, 2.45) is 5.92 Å². The third-order valence-electron chi connectivity index (χ3n) is 3.14. The van der Waals surface area contributed by atoms with Gasteiger partial charge in [0.25, 0.3) is 0 Å². The topological polar surface area (TPSA) is 25.8 Å². The minimum atomic E-state index is 0.330. The van der Waals surface area contributed by atoms with E-state index in [1.807, 2.05) is 12.4 Å². The van der Waals surface area contributed by atoms with Crippen molar-refractivity contribution in [3.8, 4) is 0 Å². The SMILES string of the molecule is CC1CCC(Cl)CC1c1cncnc1. The number of rotatable bonds is 1. The zero-order chi connectivity index (χ0) is 9.97. The van der Waals surface area contributed by atoms with Gasteiger partial charge in [0.05, 0.1) is 0 Å². The maximum absolute atomic E-state index is 6.19. The Hall–Kier alpha value is -0.630. The molecule has 0 aliphatic heterocycles. The van der Waals surface area contributed by atoms with Gasteiger partial charge in [0.15, 0.2) is 0 Å². The first-order valence-corrected chi connectivity index (χ1v) is 5.60. The summed E-state index contributed by atoms with van der Waals surface area (Å²) in [7, 11) is 0. The number of hydrogen-bond acceptors (Lipinski definition) is 2. The zero-order valence-electron chi connectivity index (χ0n) is 8.36. The third-order valence-corrected chi connectivity index (χ3v) is 3.54. The molecule has 1 aromatic heterocycles. The molecule has 14 heavy (non-hydrogen) atoms. The van der Waals surface area contributed by atoms with E-state index in [2.05, 4.69) is 16.9 Å². The lowest BCUT2D eigenvalue weighted by molar-refractivity contribution is 0.334. The van der Waals surface area contributed by atoms with Crippen molar-refractivity contribution in [1.29, 1.82) is 0 Å². The van der Waals surface area contributed by atoms with E-state index in [4.69, 9.17) is 11.6 Å². The molecule has 2 nitrogen and oxygen atoms in total. The number of aromatic nitrogens is 2. The summed E-state index contributed by atoms with van der Waals surface area (Å²) >= 11 is 6.19. The fraction of sp³-hybridized carbons (Fsp3) is 0.636. The molecule has 3 unspecified atom stereocenters. The molecule has 3 heteroatoms. The van der Waals surface area contributed by atoms with Gasteiger partial charge in [-0.1, -0.05) is 6.92 Å². The normalized spacial score (nSPS) is 32.9. The van der Waals surface area contributed by atoms with Crippen LogP contribution in [0.3, 0.4) is 0 Å². The zero-order valence-corrected chi connectivity index (χ0v) is 9.11. The van der Waals surface area contributed by atoms with Gasteiger partial charge in [0, 0.05) is 17.8 Å². The van der Waals surface area contributed by atoms with Crippen molar-refractivity contribution in [3.05, 3.63) is 24.3 Å². The Kier molecular flexibility index (Phi) is 3.02. The first-order chi connectivity index (χ1) is 6.77. The first kappa shape index (κ1) is 9.91. The highest BCUT2D eigenvalue weighted by atomic mass is 35.5. The van der Waals surface area contributed by atoms with Crippen LogP contribution in [-0.2, 0) is 0 Å². The number of alkyl halides is 1. The molecule has 0 saturated heterocycles. The summed E-state index contributed by atoms with van der Waals surface area (Å²) in [6.45, 7) is 2.29. The second-order valence-corrected chi connectivity index (χ2v) is 4.78. The Morgan fingerprint density at radius 3 is 2.71 bits per heavy atom. The summed E-state index contributed by atoms with van der Waals surface area (Å²) in [4.78, 5) is 8.13. The van der Waals surface area contributed by atoms with Crippen LogP contribution >= 0.6 is 11.6 Å². The molecule has 1 saturated carbocycles. The van der Waals surface area contributed by atoms with Crippen molar-refractivity contribution in [2.75, 3.05) is 0 Å². The van der Waals surface area contributed by atoms with E-state index < -0.39 is 0 Å². The molecule has 3 atom stereocenters. The Bertz CT molecular complexity index is 289. The van der Waals surface area contributed by atoms with Crippen LogP contribution in [0.4, 0.5) is 0 Å². The standard InChI is InChI=1S/C11H15ClN2/c1-8-2-3-10(12)4-11(8)9-5-13-7-14-6-9/h5-8,10-11H,2-4H2,1H3. The number of nitrogens with zero attached hydrogens (tertiary/aromatic N) is 2. The number of halogens is 1. The van der Waals surface area contributed by atoms with E-state index >= 15 is 0 Å². The largest absolute Gasteiger partial charge is 0.245 e. The summed E-state index contributed by atoms with van der Waals surface area (Å²) in [5.41, 5.74) is 1.24. The van der Waals surface area contributed by atoms with Gasteiger partial charge in [0.2, 0.25) is 0 Å². The predicted molar refractivity (Wildman–Crippen MR) is 57.4 cm³/mol. The highest BCUT2D eigenvalue weighted by Gasteiger charge is 2.27. The van der Waals surface area contributed by atoms with Crippen molar-refractivity contribution >= 4 is 11.6 Å². The Morgan fingerprint density at radius 2 is 2.00 bits per heavy atom. The summed E-state index contributed by atoms with van der Waals surface area (Å²) in [5, 5.41) is 0.330. The van der Waals surface area contributed by atoms with Gasteiger partial charge in [-0.2, -0.15) is 0 Å². The van der Waals surface area contributed by atoms with Gasteiger partial charge in [-0.3, -0.25) is 0 Å². The molecule has 0 amide bonds. The maximum atomic E-state index is 6.19. The van der Waals surface area contributed by atoms with Crippen LogP contribution in [-0.4, -0.2) is 15.3 Å². The molecule has 1 aromatic rings. The first-order valence-electron chi connectivity index (χ1n) is 5.16. The molecule has 1 aliphatic rings. The molecular weight excluding hydrogens is 196 g/mol. The summed E-state index contributed by atoms with van der Waals surface area (Å²) < 4.78 is 0. The molecule has 1 heterocycles. The fourth-order valence-corrected chi connectivity index (χ4v) is 2.56. The molecule has 0 radical (unpaired) electrons. The van der Waals surface area contributed by atoms with Crippen molar-refractivity contribution < 1.29 is 0 Å². The average molecular weight is 211 g/mol. The lowest BCUT2D eigenvalue weighted by Gasteiger charge is -2.31. The molecule has 0 bridgehead atoms. The Labute approximate surface area is 89.7 Å².